The second-order valence-corrected chi connectivity index (χ2v) is 7.22. The SMILES string of the molecule is Cc1ccccc1CN1CCC(C(=O)NCCN2CCOCC2)CC1. The van der Waals surface area contributed by atoms with Gasteiger partial charge in [0.1, 0.15) is 0 Å². The summed E-state index contributed by atoms with van der Waals surface area (Å²) in [5, 5.41) is 3.13. The lowest BCUT2D eigenvalue weighted by Crippen LogP contribution is -2.44. The number of likely N-dealkylation sites (tertiary alicyclic amines) is 1. The average Bonchev–Trinajstić information content (AvgIpc) is 2.65. The standard InChI is InChI=1S/C20H31N3O2/c1-17-4-2-3-5-19(17)16-23-9-6-18(7-10-23)20(24)21-8-11-22-12-14-25-15-13-22/h2-5,18H,6-16H2,1H3,(H,21,24). The first-order valence-corrected chi connectivity index (χ1v) is 9.57. The summed E-state index contributed by atoms with van der Waals surface area (Å²) in [6.07, 6.45) is 1.94. The molecule has 0 radical (unpaired) electrons. The molecule has 5 heteroatoms. The molecule has 3 rings (SSSR count). The molecule has 2 fully saturated rings. The van der Waals surface area contributed by atoms with Crippen LogP contribution in [0.1, 0.15) is 24.0 Å². The zero-order chi connectivity index (χ0) is 17.5. The molecule has 0 saturated carbocycles. The minimum absolute atomic E-state index is 0.179. The molecule has 0 spiro atoms. The molecule has 0 bridgehead atoms. The van der Waals surface area contributed by atoms with Crippen molar-refractivity contribution in [1.29, 1.82) is 0 Å². The van der Waals surface area contributed by atoms with Gasteiger partial charge in [0.05, 0.1) is 13.2 Å². The fourth-order valence-electron chi connectivity index (χ4n) is 3.69. The van der Waals surface area contributed by atoms with E-state index >= 15 is 0 Å². The van der Waals surface area contributed by atoms with Gasteiger partial charge in [-0.1, -0.05) is 24.3 Å². The lowest BCUT2D eigenvalue weighted by atomic mass is 9.95. The molecule has 5 nitrogen and oxygen atoms in total. The zero-order valence-electron chi connectivity index (χ0n) is 15.4. The Morgan fingerprint density at radius 1 is 1.12 bits per heavy atom. The largest absolute Gasteiger partial charge is 0.379 e. The van der Waals surface area contributed by atoms with Crippen LogP contribution in [0.3, 0.4) is 0 Å². The molecule has 2 aliphatic rings. The average molecular weight is 345 g/mol. The van der Waals surface area contributed by atoms with Crippen LogP contribution >= 0.6 is 0 Å². The van der Waals surface area contributed by atoms with Gasteiger partial charge in [-0.3, -0.25) is 14.6 Å². The fraction of sp³-hybridized carbons (Fsp3) is 0.650. The number of rotatable bonds is 6. The maximum Gasteiger partial charge on any atom is 0.223 e. The number of amides is 1. The van der Waals surface area contributed by atoms with E-state index < -0.39 is 0 Å². The highest BCUT2D eigenvalue weighted by atomic mass is 16.5. The fourth-order valence-corrected chi connectivity index (χ4v) is 3.69. The zero-order valence-corrected chi connectivity index (χ0v) is 15.4. The molecule has 2 heterocycles. The number of benzene rings is 1. The van der Waals surface area contributed by atoms with E-state index in [0.717, 1.165) is 71.9 Å². The topological polar surface area (TPSA) is 44.8 Å². The van der Waals surface area contributed by atoms with Crippen LogP contribution < -0.4 is 5.32 Å². The Balaban J connectivity index is 1.35. The predicted molar refractivity (Wildman–Crippen MR) is 99.4 cm³/mol. The Morgan fingerprint density at radius 2 is 1.84 bits per heavy atom. The molecule has 138 valence electrons. The monoisotopic (exact) mass is 345 g/mol. The van der Waals surface area contributed by atoms with E-state index in [0.29, 0.717) is 0 Å². The molecule has 1 aromatic rings. The van der Waals surface area contributed by atoms with Crippen molar-refractivity contribution in [2.75, 3.05) is 52.5 Å². The van der Waals surface area contributed by atoms with Crippen molar-refractivity contribution in [2.24, 2.45) is 5.92 Å². The summed E-state index contributed by atoms with van der Waals surface area (Å²) in [7, 11) is 0. The van der Waals surface area contributed by atoms with Gasteiger partial charge in [0.2, 0.25) is 5.91 Å². The van der Waals surface area contributed by atoms with Crippen LogP contribution in [0.5, 0.6) is 0 Å². The van der Waals surface area contributed by atoms with Gasteiger partial charge in [-0.05, 0) is 44.0 Å². The lowest BCUT2D eigenvalue weighted by molar-refractivity contribution is -0.126. The Bertz CT molecular complexity index is 550. The van der Waals surface area contributed by atoms with E-state index in [1.165, 1.54) is 11.1 Å². The number of ether oxygens (including phenoxy) is 1. The van der Waals surface area contributed by atoms with E-state index in [2.05, 4.69) is 46.3 Å². The van der Waals surface area contributed by atoms with Crippen LogP contribution in [-0.4, -0.2) is 68.2 Å². The van der Waals surface area contributed by atoms with Gasteiger partial charge in [-0.25, -0.2) is 0 Å². The first-order valence-electron chi connectivity index (χ1n) is 9.57. The summed E-state index contributed by atoms with van der Waals surface area (Å²) >= 11 is 0. The van der Waals surface area contributed by atoms with Crippen molar-refractivity contribution in [3.63, 3.8) is 0 Å². The van der Waals surface area contributed by atoms with Crippen LogP contribution in [0.25, 0.3) is 0 Å². The van der Waals surface area contributed by atoms with Crippen LogP contribution in [0, 0.1) is 12.8 Å². The second kappa shape index (κ2) is 9.32. The van der Waals surface area contributed by atoms with Crippen molar-refractivity contribution in [3.05, 3.63) is 35.4 Å². The van der Waals surface area contributed by atoms with Crippen LogP contribution in [-0.2, 0) is 16.1 Å². The Labute approximate surface area is 151 Å². The van der Waals surface area contributed by atoms with Gasteiger partial charge in [0.15, 0.2) is 0 Å². The normalized spacial score (nSPS) is 20.5. The van der Waals surface area contributed by atoms with Gasteiger partial charge in [0, 0.05) is 38.6 Å². The maximum absolute atomic E-state index is 12.4. The first kappa shape index (κ1) is 18.4. The van der Waals surface area contributed by atoms with E-state index in [4.69, 9.17) is 4.74 Å². The van der Waals surface area contributed by atoms with E-state index in [1.54, 1.807) is 0 Å². The van der Waals surface area contributed by atoms with Gasteiger partial charge >= 0.3 is 0 Å². The molecular formula is C20H31N3O2. The molecule has 1 N–H and O–H groups in total. The predicted octanol–water partition coefficient (Wildman–Crippen LogP) is 1.66. The number of nitrogens with zero attached hydrogens (tertiary/aromatic N) is 2. The molecule has 1 aromatic carbocycles. The summed E-state index contributed by atoms with van der Waals surface area (Å²) in [6.45, 7) is 10.5. The highest BCUT2D eigenvalue weighted by Crippen LogP contribution is 2.20. The lowest BCUT2D eigenvalue weighted by Gasteiger charge is -2.32. The third-order valence-corrected chi connectivity index (χ3v) is 5.44. The van der Waals surface area contributed by atoms with Crippen LogP contribution in [0.2, 0.25) is 0 Å². The number of hydrogen-bond acceptors (Lipinski definition) is 4. The first-order chi connectivity index (χ1) is 12.2. The van der Waals surface area contributed by atoms with Gasteiger partial charge < -0.3 is 10.1 Å². The van der Waals surface area contributed by atoms with Gasteiger partial charge in [-0.15, -0.1) is 0 Å². The number of hydrogen-bond donors (Lipinski definition) is 1. The smallest absolute Gasteiger partial charge is 0.223 e. The number of aryl methyl sites for hydroxylation is 1. The van der Waals surface area contributed by atoms with Crippen LogP contribution in [0.15, 0.2) is 24.3 Å². The Kier molecular flexibility index (Phi) is 6.84. The molecule has 0 aliphatic carbocycles. The Hall–Kier alpha value is -1.43. The van der Waals surface area contributed by atoms with E-state index in [9.17, 15) is 4.79 Å². The molecule has 0 atom stereocenters. The van der Waals surface area contributed by atoms with Crippen molar-refractivity contribution < 1.29 is 9.53 Å². The van der Waals surface area contributed by atoms with Crippen molar-refractivity contribution in [1.82, 2.24) is 15.1 Å². The number of piperidine rings is 1. The van der Waals surface area contributed by atoms with Gasteiger partial charge in [0.25, 0.3) is 0 Å². The Morgan fingerprint density at radius 3 is 2.56 bits per heavy atom. The molecule has 0 aromatic heterocycles. The van der Waals surface area contributed by atoms with E-state index in [1.807, 2.05) is 0 Å². The maximum atomic E-state index is 12.4. The summed E-state index contributed by atoms with van der Waals surface area (Å²) in [4.78, 5) is 17.2. The van der Waals surface area contributed by atoms with Crippen molar-refractivity contribution in [3.8, 4) is 0 Å². The third-order valence-electron chi connectivity index (χ3n) is 5.44. The molecule has 2 aliphatic heterocycles. The highest BCUT2D eigenvalue weighted by molar-refractivity contribution is 5.78. The molecule has 1 amide bonds. The number of carbonyl (C=O) groups excluding carboxylic acids is 1. The molecular weight excluding hydrogens is 314 g/mol. The molecule has 0 unspecified atom stereocenters. The van der Waals surface area contributed by atoms with Crippen LogP contribution in [0.4, 0.5) is 0 Å². The van der Waals surface area contributed by atoms with Crippen molar-refractivity contribution >= 4 is 5.91 Å². The van der Waals surface area contributed by atoms with Gasteiger partial charge in [-0.2, -0.15) is 0 Å². The summed E-state index contributed by atoms with van der Waals surface area (Å²) in [5.41, 5.74) is 2.75. The second-order valence-electron chi connectivity index (χ2n) is 7.22. The minimum Gasteiger partial charge on any atom is -0.379 e. The number of morpholine rings is 1. The van der Waals surface area contributed by atoms with E-state index in [-0.39, 0.29) is 11.8 Å². The van der Waals surface area contributed by atoms with Crippen molar-refractivity contribution in [2.45, 2.75) is 26.3 Å². The number of nitrogens with one attached hydrogen (secondary N) is 1. The third kappa shape index (κ3) is 5.53. The number of carbonyl (C=O) groups is 1. The quantitative estimate of drug-likeness (QED) is 0.852. The molecule has 2 saturated heterocycles. The summed E-state index contributed by atoms with van der Waals surface area (Å²) in [6, 6.07) is 8.58. The summed E-state index contributed by atoms with van der Waals surface area (Å²) in [5.74, 6) is 0.418. The summed E-state index contributed by atoms with van der Waals surface area (Å²) < 4.78 is 5.35. The minimum atomic E-state index is 0.179. The highest BCUT2D eigenvalue weighted by Gasteiger charge is 2.25. The molecule has 25 heavy (non-hydrogen) atoms.